The van der Waals surface area contributed by atoms with E-state index in [1.54, 1.807) is 25.3 Å². The molecule has 0 unspecified atom stereocenters. The highest BCUT2D eigenvalue weighted by atomic mass is 32.2. The molecule has 1 N–H and O–H groups in total. The molecule has 0 bridgehead atoms. The molecule has 0 aliphatic carbocycles. The van der Waals surface area contributed by atoms with Crippen molar-refractivity contribution in [2.75, 3.05) is 30.8 Å². The van der Waals surface area contributed by atoms with Crippen LogP contribution >= 0.6 is 23.1 Å². The molecule has 33 heavy (non-hydrogen) atoms. The highest BCUT2D eigenvalue weighted by Crippen LogP contribution is 2.27. The smallest absolute Gasteiger partial charge is 0.281 e. The molecule has 2 amide bonds. The van der Waals surface area contributed by atoms with Crippen molar-refractivity contribution in [3.05, 3.63) is 42.0 Å². The molecule has 2 aromatic heterocycles. The van der Waals surface area contributed by atoms with E-state index >= 15 is 0 Å². The Morgan fingerprint density at radius 2 is 1.94 bits per heavy atom. The molecule has 12 heteroatoms. The van der Waals surface area contributed by atoms with E-state index in [1.165, 1.54) is 46.3 Å². The molecule has 0 saturated carbocycles. The number of anilines is 1. The van der Waals surface area contributed by atoms with Gasteiger partial charge in [0.25, 0.3) is 5.91 Å². The molecule has 1 aromatic carbocycles. The molecule has 9 nitrogen and oxygen atoms in total. The predicted molar refractivity (Wildman–Crippen MR) is 124 cm³/mol. The average Bonchev–Trinajstić information content (AvgIpc) is 3.46. The third kappa shape index (κ3) is 5.88. The van der Waals surface area contributed by atoms with Crippen LogP contribution in [0.2, 0.25) is 0 Å². The van der Waals surface area contributed by atoms with Crippen LogP contribution in [0, 0.1) is 5.82 Å². The first-order valence-corrected chi connectivity index (χ1v) is 12.4. The van der Waals surface area contributed by atoms with Gasteiger partial charge < -0.3 is 9.64 Å². The molecule has 0 radical (unpaired) electrons. The highest BCUT2D eigenvalue weighted by molar-refractivity contribution is 8.01. The van der Waals surface area contributed by atoms with Crippen LogP contribution in [0.4, 0.5) is 9.52 Å². The van der Waals surface area contributed by atoms with Gasteiger partial charge in [0.1, 0.15) is 5.82 Å². The second-order valence-electron chi connectivity index (χ2n) is 7.25. The zero-order valence-electron chi connectivity index (χ0n) is 18.0. The van der Waals surface area contributed by atoms with Crippen molar-refractivity contribution >= 4 is 40.0 Å². The number of amides is 2. The zero-order chi connectivity index (χ0) is 23.2. The zero-order valence-corrected chi connectivity index (χ0v) is 19.6. The number of nitrogens with one attached hydrogen (secondary N) is 1. The Labute approximate surface area is 198 Å². The van der Waals surface area contributed by atoms with Crippen LogP contribution in [0.1, 0.15) is 36.7 Å². The van der Waals surface area contributed by atoms with Crippen molar-refractivity contribution in [3.8, 4) is 11.4 Å². The highest BCUT2D eigenvalue weighted by Gasteiger charge is 2.21. The van der Waals surface area contributed by atoms with Crippen LogP contribution in [0.15, 0.2) is 34.8 Å². The van der Waals surface area contributed by atoms with E-state index < -0.39 is 5.91 Å². The second kappa shape index (κ2) is 10.8. The first kappa shape index (κ1) is 23.2. The van der Waals surface area contributed by atoms with Crippen molar-refractivity contribution < 1.29 is 18.7 Å². The van der Waals surface area contributed by atoms with Crippen LogP contribution in [-0.2, 0) is 4.79 Å². The molecule has 4 rings (SSSR count). The molecule has 0 spiro atoms. The third-order valence-corrected chi connectivity index (χ3v) is 6.90. The summed E-state index contributed by atoms with van der Waals surface area (Å²) >= 11 is 2.50. The van der Waals surface area contributed by atoms with E-state index in [9.17, 15) is 14.0 Å². The molecule has 1 saturated heterocycles. The Morgan fingerprint density at radius 3 is 2.67 bits per heavy atom. The van der Waals surface area contributed by atoms with Gasteiger partial charge in [0.15, 0.2) is 15.8 Å². The predicted octanol–water partition coefficient (Wildman–Crippen LogP) is 3.62. The molecule has 3 heterocycles. The summed E-state index contributed by atoms with van der Waals surface area (Å²) in [5.41, 5.74) is 0.662. The summed E-state index contributed by atoms with van der Waals surface area (Å²) in [6.45, 7) is 3.77. The summed E-state index contributed by atoms with van der Waals surface area (Å²) < 4.78 is 20.8. The Morgan fingerprint density at radius 1 is 1.18 bits per heavy atom. The number of carbonyl (C=O) groups excluding carboxylic acids is 2. The topological polar surface area (TPSA) is 102 Å². The largest absolute Gasteiger partial charge is 0.490 e. The minimum Gasteiger partial charge on any atom is -0.490 e. The van der Waals surface area contributed by atoms with Crippen LogP contribution < -0.4 is 10.1 Å². The van der Waals surface area contributed by atoms with Crippen molar-refractivity contribution in [2.24, 2.45) is 0 Å². The Hall–Kier alpha value is -2.99. The van der Waals surface area contributed by atoms with Crippen LogP contribution in [0.3, 0.4) is 0 Å². The number of piperidine rings is 1. The van der Waals surface area contributed by atoms with Gasteiger partial charge in [-0.15, -0.1) is 10.2 Å². The maximum absolute atomic E-state index is 13.2. The maximum Gasteiger partial charge on any atom is 0.281 e. The molecule has 1 fully saturated rings. The van der Waals surface area contributed by atoms with Gasteiger partial charge in [0, 0.05) is 13.1 Å². The van der Waals surface area contributed by atoms with E-state index in [-0.39, 0.29) is 17.4 Å². The Bertz CT molecular complexity index is 1110. The number of aromatic nitrogens is 4. The monoisotopic (exact) mass is 490 g/mol. The second-order valence-corrected chi connectivity index (χ2v) is 9.45. The van der Waals surface area contributed by atoms with E-state index in [0.29, 0.717) is 33.3 Å². The summed E-state index contributed by atoms with van der Waals surface area (Å²) in [6, 6.07) is 5.74. The Balaban J connectivity index is 1.40. The summed E-state index contributed by atoms with van der Waals surface area (Å²) in [4.78, 5) is 27.0. The molecule has 1 aliphatic rings. The fraction of sp³-hybridized carbons (Fsp3) is 0.381. The van der Waals surface area contributed by atoms with Crippen LogP contribution in [-0.4, -0.2) is 62.1 Å². The van der Waals surface area contributed by atoms with Crippen molar-refractivity contribution in [1.29, 1.82) is 0 Å². The van der Waals surface area contributed by atoms with Gasteiger partial charge in [-0.1, -0.05) is 23.1 Å². The lowest BCUT2D eigenvalue weighted by Crippen LogP contribution is -2.36. The molecule has 0 atom stereocenters. The van der Waals surface area contributed by atoms with Gasteiger partial charge in [0.2, 0.25) is 11.0 Å². The number of carbonyl (C=O) groups is 2. The standard InChI is InChI=1S/C21H23FN6O3S2/c1-2-31-16-12-28(15-8-6-14(22)7-9-15)26-18(16)19(30)23-20-24-25-21(33-20)32-13-17(29)27-10-4-3-5-11-27/h6-9,12H,2-5,10-11,13H2,1H3,(H,23,24,30). The number of hydrogen-bond acceptors (Lipinski definition) is 8. The number of likely N-dealkylation sites (tertiary alicyclic amines) is 1. The van der Waals surface area contributed by atoms with Gasteiger partial charge >= 0.3 is 0 Å². The fourth-order valence-electron chi connectivity index (χ4n) is 3.34. The van der Waals surface area contributed by atoms with Crippen LogP contribution in [0.5, 0.6) is 5.75 Å². The van der Waals surface area contributed by atoms with Crippen LogP contribution in [0.25, 0.3) is 5.69 Å². The quantitative estimate of drug-likeness (QED) is 0.380. The maximum atomic E-state index is 13.2. The number of benzene rings is 1. The summed E-state index contributed by atoms with van der Waals surface area (Å²) in [6.07, 6.45) is 4.83. The van der Waals surface area contributed by atoms with Gasteiger partial charge in [-0.25, -0.2) is 9.07 Å². The number of ether oxygens (including phenoxy) is 1. The molecule has 1 aliphatic heterocycles. The van der Waals surface area contributed by atoms with Gasteiger partial charge in [-0.05, 0) is 50.5 Å². The third-order valence-electron chi connectivity index (χ3n) is 4.94. The first-order chi connectivity index (χ1) is 16.0. The normalized spacial score (nSPS) is 13.7. The van der Waals surface area contributed by atoms with Gasteiger partial charge in [-0.2, -0.15) is 5.10 Å². The van der Waals surface area contributed by atoms with Gasteiger partial charge in [0.05, 0.1) is 24.2 Å². The molecule has 3 aromatic rings. The first-order valence-electron chi connectivity index (χ1n) is 10.6. The molecule has 174 valence electrons. The number of hydrogen-bond donors (Lipinski definition) is 1. The van der Waals surface area contributed by atoms with E-state index in [2.05, 4.69) is 20.6 Å². The summed E-state index contributed by atoms with van der Waals surface area (Å²) in [5, 5.41) is 15.3. The summed E-state index contributed by atoms with van der Waals surface area (Å²) in [7, 11) is 0. The van der Waals surface area contributed by atoms with E-state index in [0.717, 1.165) is 25.9 Å². The van der Waals surface area contributed by atoms with Gasteiger partial charge in [-0.3, -0.25) is 14.9 Å². The number of thioether (sulfide) groups is 1. The number of nitrogens with zero attached hydrogens (tertiary/aromatic N) is 5. The summed E-state index contributed by atoms with van der Waals surface area (Å²) in [5.74, 6) is -0.189. The lowest BCUT2D eigenvalue weighted by Gasteiger charge is -2.26. The average molecular weight is 491 g/mol. The van der Waals surface area contributed by atoms with Crippen molar-refractivity contribution in [1.82, 2.24) is 24.9 Å². The number of rotatable bonds is 8. The molecular formula is C21H23FN6O3S2. The lowest BCUT2D eigenvalue weighted by molar-refractivity contribution is -0.129. The Kier molecular flexibility index (Phi) is 7.55. The van der Waals surface area contributed by atoms with Crippen molar-refractivity contribution in [3.63, 3.8) is 0 Å². The minimum absolute atomic E-state index is 0.0749. The van der Waals surface area contributed by atoms with E-state index in [4.69, 9.17) is 4.74 Å². The van der Waals surface area contributed by atoms with Crippen molar-refractivity contribution in [2.45, 2.75) is 30.5 Å². The SMILES string of the molecule is CCOc1cn(-c2ccc(F)cc2)nc1C(=O)Nc1nnc(SCC(=O)N2CCCCC2)s1. The molecular weight excluding hydrogens is 467 g/mol. The minimum atomic E-state index is -0.503. The lowest BCUT2D eigenvalue weighted by atomic mass is 10.1. The number of halogens is 1. The fourth-order valence-corrected chi connectivity index (χ4v) is 4.99. The van der Waals surface area contributed by atoms with E-state index in [1.807, 2.05) is 4.90 Å².